The maximum Gasteiger partial charge on any atom is 0.267 e. The van der Waals surface area contributed by atoms with Crippen LogP contribution in [0, 0.1) is 6.92 Å². The lowest BCUT2D eigenvalue weighted by atomic mass is 10.1. The Balaban J connectivity index is 2.03. The smallest absolute Gasteiger partial charge is 0.267 e. The van der Waals surface area contributed by atoms with Gasteiger partial charge < -0.3 is 10.5 Å². The fourth-order valence-corrected chi connectivity index (χ4v) is 1.77. The Bertz CT molecular complexity index is 414. The predicted octanol–water partition coefficient (Wildman–Crippen LogP) is 0.554. The van der Waals surface area contributed by atoms with Crippen LogP contribution in [0.3, 0.4) is 0 Å². The fraction of sp³-hybridized carbons (Fsp3) is 0.417. The average Bonchev–Trinajstić information content (AvgIpc) is 2.30. The van der Waals surface area contributed by atoms with Crippen molar-refractivity contribution in [1.82, 2.24) is 10.4 Å². The Labute approximate surface area is 101 Å². The van der Waals surface area contributed by atoms with Gasteiger partial charge in [0.15, 0.2) is 0 Å². The van der Waals surface area contributed by atoms with Gasteiger partial charge in [-0.05, 0) is 24.6 Å². The number of nitrogen functional groups attached to an aromatic ring is 1. The van der Waals surface area contributed by atoms with E-state index in [9.17, 15) is 4.79 Å². The van der Waals surface area contributed by atoms with E-state index in [2.05, 4.69) is 5.43 Å². The Hall–Kier alpha value is -1.59. The van der Waals surface area contributed by atoms with E-state index in [1.165, 1.54) is 0 Å². The first-order valence-electron chi connectivity index (χ1n) is 5.66. The summed E-state index contributed by atoms with van der Waals surface area (Å²) in [6.45, 7) is 4.64. The second kappa shape index (κ2) is 5.16. The number of benzene rings is 1. The van der Waals surface area contributed by atoms with Crippen molar-refractivity contribution in [3.63, 3.8) is 0 Å². The lowest BCUT2D eigenvalue weighted by Gasteiger charge is -2.27. The van der Waals surface area contributed by atoms with Gasteiger partial charge in [0.25, 0.3) is 5.91 Å². The maximum atomic E-state index is 12.0. The van der Waals surface area contributed by atoms with Crippen molar-refractivity contribution < 1.29 is 9.53 Å². The number of ether oxygens (including phenoxy) is 1. The van der Waals surface area contributed by atoms with Crippen LogP contribution in [0.5, 0.6) is 0 Å². The number of carbonyl (C=O) groups excluding carboxylic acids is 1. The molecule has 5 heteroatoms. The number of hydrogen-bond acceptors (Lipinski definition) is 4. The minimum Gasteiger partial charge on any atom is -0.398 e. The van der Waals surface area contributed by atoms with Crippen LogP contribution in [0.25, 0.3) is 0 Å². The molecular weight excluding hydrogens is 218 g/mol. The van der Waals surface area contributed by atoms with Crippen molar-refractivity contribution in [2.75, 3.05) is 32.0 Å². The molecule has 1 heterocycles. The highest BCUT2D eigenvalue weighted by atomic mass is 16.5. The largest absolute Gasteiger partial charge is 0.398 e. The molecule has 0 atom stereocenters. The predicted molar refractivity (Wildman–Crippen MR) is 65.4 cm³/mol. The Morgan fingerprint density at radius 1 is 1.41 bits per heavy atom. The minimum absolute atomic E-state index is 0.163. The van der Waals surface area contributed by atoms with Gasteiger partial charge in [0.05, 0.1) is 18.8 Å². The third kappa shape index (κ3) is 2.95. The molecule has 0 saturated carbocycles. The molecule has 0 aliphatic carbocycles. The normalized spacial score (nSPS) is 16.8. The summed E-state index contributed by atoms with van der Waals surface area (Å²) in [6, 6.07) is 5.43. The standard InChI is InChI=1S/C12H17N3O2/c1-9-2-3-10(11(13)8-9)12(16)14-15-4-6-17-7-5-15/h2-3,8H,4-7,13H2,1H3,(H,14,16). The van der Waals surface area contributed by atoms with Crippen molar-refractivity contribution in [1.29, 1.82) is 0 Å². The first-order chi connectivity index (χ1) is 8.16. The molecule has 17 heavy (non-hydrogen) atoms. The van der Waals surface area contributed by atoms with Crippen LogP contribution in [0.15, 0.2) is 18.2 Å². The number of morpholine rings is 1. The van der Waals surface area contributed by atoms with Gasteiger partial charge in [-0.3, -0.25) is 10.2 Å². The molecule has 1 fully saturated rings. The highest BCUT2D eigenvalue weighted by molar-refractivity contribution is 5.98. The number of anilines is 1. The maximum absolute atomic E-state index is 12.0. The van der Waals surface area contributed by atoms with Gasteiger partial charge >= 0.3 is 0 Å². The third-order valence-corrected chi connectivity index (χ3v) is 2.72. The molecule has 0 bridgehead atoms. The van der Waals surface area contributed by atoms with Crippen molar-refractivity contribution >= 4 is 11.6 Å². The number of rotatable bonds is 2. The molecule has 0 radical (unpaired) electrons. The molecule has 1 aliphatic heterocycles. The number of hydrazine groups is 1. The molecule has 92 valence electrons. The summed E-state index contributed by atoms with van der Waals surface area (Å²) in [5.74, 6) is -0.163. The van der Waals surface area contributed by atoms with Crippen LogP contribution in [-0.4, -0.2) is 37.2 Å². The quantitative estimate of drug-likeness (QED) is 0.735. The van der Waals surface area contributed by atoms with Crippen LogP contribution in [0.1, 0.15) is 15.9 Å². The Morgan fingerprint density at radius 3 is 2.76 bits per heavy atom. The van der Waals surface area contributed by atoms with Gasteiger partial charge in [-0.15, -0.1) is 0 Å². The van der Waals surface area contributed by atoms with E-state index in [0.717, 1.165) is 5.56 Å². The van der Waals surface area contributed by atoms with Crippen molar-refractivity contribution in [3.05, 3.63) is 29.3 Å². The summed E-state index contributed by atoms with van der Waals surface area (Å²) < 4.78 is 5.21. The summed E-state index contributed by atoms with van der Waals surface area (Å²) in [7, 11) is 0. The number of aryl methyl sites for hydroxylation is 1. The van der Waals surface area contributed by atoms with Crippen LogP contribution >= 0.6 is 0 Å². The van der Waals surface area contributed by atoms with E-state index in [1.54, 1.807) is 12.1 Å². The molecule has 0 unspecified atom stereocenters. The van der Waals surface area contributed by atoms with Gasteiger partial charge in [0.2, 0.25) is 0 Å². The summed E-state index contributed by atoms with van der Waals surface area (Å²) in [4.78, 5) is 12.0. The number of nitrogens with one attached hydrogen (secondary N) is 1. The molecule has 1 aromatic carbocycles. The molecule has 0 spiro atoms. The lowest BCUT2D eigenvalue weighted by Crippen LogP contribution is -2.48. The summed E-state index contributed by atoms with van der Waals surface area (Å²) >= 11 is 0. The van der Waals surface area contributed by atoms with E-state index in [0.29, 0.717) is 37.6 Å². The molecule has 5 nitrogen and oxygen atoms in total. The lowest BCUT2D eigenvalue weighted by molar-refractivity contribution is 0.0126. The van der Waals surface area contributed by atoms with Gasteiger partial charge in [0, 0.05) is 18.8 Å². The zero-order valence-corrected chi connectivity index (χ0v) is 9.90. The van der Waals surface area contributed by atoms with Crippen LogP contribution in [0.4, 0.5) is 5.69 Å². The third-order valence-electron chi connectivity index (χ3n) is 2.72. The van der Waals surface area contributed by atoms with E-state index in [1.807, 2.05) is 18.0 Å². The van der Waals surface area contributed by atoms with Gasteiger partial charge in [0.1, 0.15) is 0 Å². The zero-order valence-electron chi connectivity index (χ0n) is 9.90. The average molecular weight is 235 g/mol. The van der Waals surface area contributed by atoms with E-state index < -0.39 is 0 Å². The Kier molecular flexibility index (Phi) is 3.61. The zero-order chi connectivity index (χ0) is 12.3. The van der Waals surface area contributed by atoms with Crippen molar-refractivity contribution in [3.8, 4) is 0 Å². The number of hydrogen-bond donors (Lipinski definition) is 2. The molecule has 2 rings (SSSR count). The summed E-state index contributed by atoms with van der Waals surface area (Å²) in [5, 5.41) is 1.85. The van der Waals surface area contributed by atoms with Gasteiger partial charge in [-0.2, -0.15) is 0 Å². The van der Waals surface area contributed by atoms with Crippen molar-refractivity contribution in [2.45, 2.75) is 6.92 Å². The first kappa shape index (κ1) is 11.9. The molecule has 0 aromatic heterocycles. The number of carbonyl (C=O) groups is 1. The van der Waals surface area contributed by atoms with Crippen LogP contribution in [-0.2, 0) is 4.74 Å². The molecule has 1 saturated heterocycles. The van der Waals surface area contributed by atoms with Gasteiger partial charge in [-0.1, -0.05) is 6.07 Å². The second-order valence-electron chi connectivity index (χ2n) is 4.13. The van der Waals surface area contributed by atoms with E-state index in [-0.39, 0.29) is 5.91 Å². The topological polar surface area (TPSA) is 67.6 Å². The number of nitrogens with two attached hydrogens (primary N) is 1. The van der Waals surface area contributed by atoms with E-state index in [4.69, 9.17) is 10.5 Å². The summed E-state index contributed by atoms with van der Waals surface area (Å²) in [6.07, 6.45) is 0. The monoisotopic (exact) mass is 235 g/mol. The Morgan fingerprint density at radius 2 is 2.12 bits per heavy atom. The first-order valence-corrected chi connectivity index (χ1v) is 5.66. The minimum atomic E-state index is -0.163. The SMILES string of the molecule is Cc1ccc(C(=O)NN2CCOCC2)c(N)c1. The van der Waals surface area contributed by atoms with Crippen molar-refractivity contribution in [2.24, 2.45) is 0 Å². The van der Waals surface area contributed by atoms with Gasteiger partial charge in [-0.25, -0.2) is 5.01 Å². The van der Waals surface area contributed by atoms with Crippen LogP contribution in [0.2, 0.25) is 0 Å². The van der Waals surface area contributed by atoms with Crippen LogP contribution < -0.4 is 11.2 Å². The summed E-state index contributed by atoms with van der Waals surface area (Å²) in [5.41, 5.74) is 10.7. The fourth-order valence-electron chi connectivity index (χ4n) is 1.77. The number of nitrogens with zero attached hydrogens (tertiary/aromatic N) is 1. The highest BCUT2D eigenvalue weighted by Gasteiger charge is 2.15. The molecule has 3 N–H and O–H groups in total. The molecular formula is C12H17N3O2. The molecule has 1 amide bonds. The number of amides is 1. The highest BCUT2D eigenvalue weighted by Crippen LogP contribution is 2.13. The second-order valence-corrected chi connectivity index (χ2v) is 4.13. The molecule has 1 aliphatic rings. The molecule has 1 aromatic rings. The van der Waals surface area contributed by atoms with E-state index >= 15 is 0 Å².